The van der Waals surface area contributed by atoms with Gasteiger partial charge in [-0.1, -0.05) is 11.3 Å². The van der Waals surface area contributed by atoms with E-state index in [1.807, 2.05) is 18.2 Å². The first kappa shape index (κ1) is 23.5. The molecule has 12 nitrogen and oxygen atoms in total. The van der Waals surface area contributed by atoms with Gasteiger partial charge in [-0.3, -0.25) is 34.6 Å². The van der Waals surface area contributed by atoms with E-state index in [-0.39, 0.29) is 18.3 Å². The predicted octanol–water partition coefficient (Wildman–Crippen LogP) is -0.175. The number of alkyl halides is 2. The number of nitrogens with zero attached hydrogens (tertiary/aromatic N) is 6. The molecule has 0 spiro atoms. The lowest BCUT2D eigenvalue weighted by Gasteiger charge is -2.37. The maximum atomic E-state index is 12.8. The largest absolute Gasteiger partial charge is 0.345 e. The first-order chi connectivity index (χ1) is 16.4. The van der Waals surface area contributed by atoms with E-state index >= 15 is 0 Å². The van der Waals surface area contributed by atoms with E-state index in [4.69, 9.17) is 0 Å². The fraction of sp³-hybridized carbons (Fsp3) is 0.450. The molecule has 2 aromatic heterocycles. The fourth-order valence-electron chi connectivity index (χ4n) is 3.48. The third kappa shape index (κ3) is 6.68. The van der Waals surface area contributed by atoms with Gasteiger partial charge in [0, 0.05) is 25.5 Å². The SMILES string of the molecule is O=C(CN1CC(F)(F)C1)Nc1cn(CCCCN2C=C(C(=O)NCc3ccccn3)NN2)nn1. The molecule has 2 amide bonds. The van der Waals surface area contributed by atoms with Crippen LogP contribution < -0.4 is 21.6 Å². The number of carbonyl (C=O) groups excluding carboxylic acids is 2. The molecule has 34 heavy (non-hydrogen) atoms. The van der Waals surface area contributed by atoms with E-state index in [9.17, 15) is 18.4 Å². The number of anilines is 1. The number of hydrazine groups is 2. The number of hydrogen-bond donors (Lipinski definition) is 4. The Morgan fingerprint density at radius 2 is 2.00 bits per heavy atom. The Morgan fingerprint density at radius 1 is 1.18 bits per heavy atom. The number of rotatable bonds is 11. The summed E-state index contributed by atoms with van der Waals surface area (Å²) >= 11 is 0. The summed E-state index contributed by atoms with van der Waals surface area (Å²) in [6, 6.07) is 5.52. The number of aryl methyl sites for hydroxylation is 1. The molecule has 0 aromatic carbocycles. The molecule has 1 fully saturated rings. The molecule has 2 aromatic rings. The number of likely N-dealkylation sites (tertiary alicyclic amines) is 1. The van der Waals surface area contributed by atoms with Crippen LogP contribution in [0.4, 0.5) is 14.6 Å². The highest BCUT2D eigenvalue weighted by atomic mass is 19.3. The molecule has 4 N–H and O–H groups in total. The van der Waals surface area contributed by atoms with Crippen LogP contribution in [0.25, 0.3) is 0 Å². The minimum Gasteiger partial charge on any atom is -0.345 e. The van der Waals surface area contributed by atoms with Crippen LogP contribution in [0.3, 0.4) is 0 Å². The molecule has 0 aliphatic carbocycles. The predicted molar refractivity (Wildman–Crippen MR) is 116 cm³/mol. The Hall–Kier alpha value is -3.65. The van der Waals surface area contributed by atoms with Gasteiger partial charge in [-0.05, 0) is 25.0 Å². The second-order valence-corrected chi connectivity index (χ2v) is 8.10. The summed E-state index contributed by atoms with van der Waals surface area (Å²) in [6.45, 7) is 0.678. The fourth-order valence-corrected chi connectivity index (χ4v) is 3.48. The Balaban J connectivity index is 1.11. The van der Waals surface area contributed by atoms with Crippen molar-refractivity contribution in [3.8, 4) is 0 Å². The quantitative estimate of drug-likeness (QED) is 0.326. The summed E-state index contributed by atoms with van der Waals surface area (Å²) in [5.41, 5.74) is 6.95. The second kappa shape index (κ2) is 10.5. The molecule has 182 valence electrons. The molecule has 4 heterocycles. The van der Waals surface area contributed by atoms with Crippen molar-refractivity contribution in [2.75, 3.05) is 31.5 Å². The van der Waals surface area contributed by atoms with E-state index in [0.717, 1.165) is 18.5 Å². The molecule has 4 rings (SSSR count). The van der Waals surface area contributed by atoms with Gasteiger partial charge in [0.1, 0.15) is 5.70 Å². The van der Waals surface area contributed by atoms with Crippen molar-refractivity contribution in [3.05, 3.63) is 48.2 Å². The maximum absolute atomic E-state index is 12.8. The van der Waals surface area contributed by atoms with Crippen LogP contribution in [0, 0.1) is 0 Å². The van der Waals surface area contributed by atoms with Crippen molar-refractivity contribution >= 4 is 17.6 Å². The summed E-state index contributed by atoms with van der Waals surface area (Å²) in [5.74, 6) is -3.05. The van der Waals surface area contributed by atoms with E-state index in [0.29, 0.717) is 25.3 Å². The number of unbranched alkanes of at least 4 members (excludes halogenated alkanes) is 1. The monoisotopic (exact) mass is 476 g/mol. The van der Waals surface area contributed by atoms with Crippen molar-refractivity contribution in [1.82, 2.24) is 46.2 Å². The van der Waals surface area contributed by atoms with Crippen molar-refractivity contribution < 1.29 is 18.4 Å². The van der Waals surface area contributed by atoms with E-state index in [1.165, 1.54) is 4.90 Å². The van der Waals surface area contributed by atoms with Crippen molar-refractivity contribution in [3.63, 3.8) is 0 Å². The number of nitrogens with one attached hydrogen (secondary N) is 4. The standard InChI is InChI=1S/C20H26F2N10O2/c21-20(22)13-30(14-20)12-18(33)25-17-11-32(29-27-17)8-4-3-7-31-10-16(26-28-31)19(34)24-9-15-5-1-2-6-23-15/h1-2,5-6,10-11,26,28H,3-4,7-9,12-14H2,(H,24,34)(H,25,33). The van der Waals surface area contributed by atoms with Crippen LogP contribution in [-0.4, -0.2) is 73.8 Å². The Bertz CT molecular complexity index is 1020. The molecule has 14 heteroatoms. The van der Waals surface area contributed by atoms with Gasteiger partial charge in [0.15, 0.2) is 5.82 Å². The first-order valence-corrected chi connectivity index (χ1v) is 10.8. The van der Waals surface area contributed by atoms with Crippen LogP contribution in [0.1, 0.15) is 18.5 Å². The number of pyridine rings is 1. The van der Waals surface area contributed by atoms with Gasteiger partial charge >= 0.3 is 0 Å². The highest BCUT2D eigenvalue weighted by Crippen LogP contribution is 2.25. The lowest BCUT2D eigenvalue weighted by molar-refractivity contribution is -0.141. The van der Waals surface area contributed by atoms with Crippen molar-refractivity contribution in [2.45, 2.75) is 31.9 Å². The third-order valence-corrected chi connectivity index (χ3v) is 5.14. The zero-order valence-corrected chi connectivity index (χ0v) is 18.4. The Morgan fingerprint density at radius 3 is 2.76 bits per heavy atom. The van der Waals surface area contributed by atoms with Crippen molar-refractivity contribution in [1.29, 1.82) is 0 Å². The molecule has 0 bridgehead atoms. The zero-order valence-electron chi connectivity index (χ0n) is 18.4. The first-order valence-electron chi connectivity index (χ1n) is 10.8. The highest BCUT2D eigenvalue weighted by Gasteiger charge is 2.44. The van der Waals surface area contributed by atoms with Crippen LogP contribution in [-0.2, 0) is 22.7 Å². The number of amides is 2. The van der Waals surface area contributed by atoms with Gasteiger partial charge in [0.25, 0.3) is 11.8 Å². The molecule has 2 aliphatic heterocycles. The van der Waals surface area contributed by atoms with Crippen LogP contribution >= 0.6 is 0 Å². The van der Waals surface area contributed by atoms with Crippen LogP contribution in [0.2, 0.25) is 0 Å². The van der Waals surface area contributed by atoms with E-state index in [1.54, 1.807) is 28.3 Å². The average molecular weight is 476 g/mol. The molecule has 1 saturated heterocycles. The lowest BCUT2D eigenvalue weighted by Crippen LogP contribution is -2.57. The van der Waals surface area contributed by atoms with E-state index in [2.05, 4.69) is 36.9 Å². The number of aromatic nitrogens is 4. The smallest absolute Gasteiger partial charge is 0.272 e. The minimum atomic E-state index is -2.70. The molecular weight excluding hydrogens is 450 g/mol. The molecule has 0 atom stereocenters. The molecule has 0 radical (unpaired) electrons. The highest BCUT2D eigenvalue weighted by molar-refractivity contribution is 5.92. The van der Waals surface area contributed by atoms with Gasteiger partial charge in [0.05, 0.1) is 38.1 Å². The summed E-state index contributed by atoms with van der Waals surface area (Å²) < 4.78 is 27.3. The maximum Gasteiger partial charge on any atom is 0.272 e. The zero-order chi connectivity index (χ0) is 24.0. The van der Waals surface area contributed by atoms with Crippen molar-refractivity contribution in [2.24, 2.45) is 0 Å². The van der Waals surface area contributed by atoms with Gasteiger partial charge in [0.2, 0.25) is 5.91 Å². The number of hydrogen-bond acceptors (Lipinski definition) is 9. The Labute approximate surface area is 194 Å². The summed E-state index contributed by atoms with van der Waals surface area (Å²) in [4.78, 5) is 29.7. The topological polar surface area (TPSA) is 132 Å². The molecule has 0 saturated carbocycles. The summed E-state index contributed by atoms with van der Waals surface area (Å²) in [7, 11) is 0. The van der Waals surface area contributed by atoms with Gasteiger partial charge in [-0.15, -0.1) is 10.6 Å². The third-order valence-electron chi connectivity index (χ3n) is 5.14. The number of carbonyl (C=O) groups is 2. The second-order valence-electron chi connectivity index (χ2n) is 8.10. The summed E-state index contributed by atoms with van der Waals surface area (Å²) in [5, 5.41) is 15.0. The lowest BCUT2D eigenvalue weighted by atomic mass is 10.1. The molecular formula is C20H26F2N10O2. The van der Waals surface area contributed by atoms with Gasteiger partial charge < -0.3 is 10.6 Å². The molecule has 2 aliphatic rings. The van der Waals surface area contributed by atoms with E-state index < -0.39 is 24.9 Å². The molecule has 0 unspecified atom stereocenters. The van der Waals surface area contributed by atoms with Gasteiger partial charge in [-0.2, -0.15) is 0 Å². The Kier molecular flexibility index (Phi) is 7.27. The van der Waals surface area contributed by atoms with Gasteiger partial charge in [-0.25, -0.2) is 8.78 Å². The normalized spacial score (nSPS) is 17.0. The average Bonchev–Trinajstić information content (AvgIpc) is 3.44. The van der Waals surface area contributed by atoms with Crippen LogP contribution in [0.15, 0.2) is 42.5 Å². The minimum absolute atomic E-state index is 0.101. The summed E-state index contributed by atoms with van der Waals surface area (Å²) in [6.07, 6.45) is 6.56. The number of halogens is 2. The van der Waals surface area contributed by atoms with Crippen LogP contribution in [0.5, 0.6) is 0 Å².